The van der Waals surface area contributed by atoms with Gasteiger partial charge in [-0.3, -0.25) is 9.59 Å². The Balaban J connectivity index is 1.86. The largest absolute Gasteiger partial charge is 0.352 e. The predicted octanol–water partition coefficient (Wildman–Crippen LogP) is 6.44. The van der Waals surface area contributed by atoms with E-state index in [4.69, 9.17) is 11.6 Å². The minimum absolute atomic E-state index is 0.0309. The van der Waals surface area contributed by atoms with Crippen molar-refractivity contribution in [3.8, 4) is 0 Å². The van der Waals surface area contributed by atoms with E-state index in [1.165, 1.54) is 11.8 Å². The van der Waals surface area contributed by atoms with Crippen LogP contribution in [0.5, 0.6) is 0 Å². The van der Waals surface area contributed by atoms with Gasteiger partial charge in [-0.15, -0.1) is 11.8 Å². The Morgan fingerprint density at radius 2 is 1.67 bits per heavy atom. The van der Waals surface area contributed by atoms with Crippen LogP contribution in [0.15, 0.2) is 78.9 Å². The van der Waals surface area contributed by atoms with Crippen molar-refractivity contribution in [3.63, 3.8) is 0 Å². The molecule has 1 N–H and O–H groups in total. The highest BCUT2D eigenvalue weighted by Gasteiger charge is 2.31. The molecule has 0 bridgehead atoms. The van der Waals surface area contributed by atoms with Crippen molar-refractivity contribution >= 4 is 35.2 Å². The van der Waals surface area contributed by atoms with E-state index in [2.05, 4.69) is 5.32 Å². The van der Waals surface area contributed by atoms with Crippen molar-refractivity contribution in [2.75, 3.05) is 5.75 Å². The Morgan fingerprint density at radius 3 is 2.36 bits per heavy atom. The number of aryl methyl sites for hydroxylation is 1. The zero-order valence-corrected chi connectivity index (χ0v) is 22.8. The lowest BCUT2D eigenvalue weighted by atomic mass is 10.0. The van der Waals surface area contributed by atoms with E-state index in [0.29, 0.717) is 23.7 Å². The topological polar surface area (TPSA) is 49.4 Å². The first kappa shape index (κ1) is 27.8. The van der Waals surface area contributed by atoms with Gasteiger partial charge in [0.25, 0.3) is 0 Å². The third-order valence-electron chi connectivity index (χ3n) is 6.26. The number of nitrogens with zero attached hydrogens (tertiary/aromatic N) is 1. The second kappa shape index (κ2) is 14.1. The maximum absolute atomic E-state index is 13.7. The maximum atomic E-state index is 13.7. The summed E-state index contributed by atoms with van der Waals surface area (Å²) in [5, 5.41) is 3.80. The molecule has 0 spiro atoms. The first-order valence-corrected chi connectivity index (χ1v) is 13.9. The number of carbonyl (C=O) groups excluding carboxylic acids is 2. The quantitative estimate of drug-likeness (QED) is 0.298. The van der Waals surface area contributed by atoms with Crippen LogP contribution in [-0.4, -0.2) is 34.6 Å². The van der Waals surface area contributed by atoms with E-state index < -0.39 is 6.04 Å². The van der Waals surface area contributed by atoms with Crippen LogP contribution in [0, 0.1) is 6.92 Å². The fourth-order valence-electron chi connectivity index (χ4n) is 3.93. The Morgan fingerprint density at radius 1 is 0.972 bits per heavy atom. The summed E-state index contributed by atoms with van der Waals surface area (Å²) in [6.07, 6.45) is 1.28. The van der Waals surface area contributed by atoms with Crippen molar-refractivity contribution < 1.29 is 9.59 Å². The average molecular weight is 523 g/mol. The van der Waals surface area contributed by atoms with Gasteiger partial charge in [0.15, 0.2) is 0 Å². The minimum Gasteiger partial charge on any atom is -0.352 e. The number of amides is 2. The molecule has 0 radical (unpaired) electrons. The van der Waals surface area contributed by atoms with Gasteiger partial charge in [0.2, 0.25) is 11.8 Å². The molecule has 0 saturated heterocycles. The smallest absolute Gasteiger partial charge is 0.243 e. The molecular weight excluding hydrogens is 488 g/mol. The molecule has 190 valence electrons. The summed E-state index contributed by atoms with van der Waals surface area (Å²) in [6.45, 7) is 6.46. The molecule has 0 heterocycles. The van der Waals surface area contributed by atoms with E-state index in [0.717, 1.165) is 28.7 Å². The number of rotatable bonds is 12. The van der Waals surface area contributed by atoms with Gasteiger partial charge in [0.1, 0.15) is 6.04 Å². The van der Waals surface area contributed by atoms with E-state index in [1.807, 2.05) is 99.6 Å². The van der Waals surface area contributed by atoms with Crippen LogP contribution in [-0.2, 0) is 28.3 Å². The maximum Gasteiger partial charge on any atom is 0.243 e. The van der Waals surface area contributed by atoms with Crippen LogP contribution >= 0.6 is 23.4 Å². The number of nitrogens with one attached hydrogen (secondary N) is 1. The average Bonchev–Trinajstić information content (AvgIpc) is 2.87. The third kappa shape index (κ3) is 8.42. The molecule has 3 rings (SSSR count). The monoisotopic (exact) mass is 522 g/mol. The van der Waals surface area contributed by atoms with Gasteiger partial charge >= 0.3 is 0 Å². The molecule has 6 heteroatoms. The van der Waals surface area contributed by atoms with Crippen molar-refractivity contribution in [1.82, 2.24) is 10.2 Å². The van der Waals surface area contributed by atoms with Crippen LogP contribution in [0.25, 0.3) is 0 Å². The van der Waals surface area contributed by atoms with Crippen molar-refractivity contribution in [1.29, 1.82) is 0 Å². The van der Waals surface area contributed by atoms with Gasteiger partial charge in [0, 0.05) is 29.8 Å². The highest BCUT2D eigenvalue weighted by atomic mass is 35.5. The first-order valence-electron chi connectivity index (χ1n) is 12.4. The number of hydrogen-bond acceptors (Lipinski definition) is 3. The summed E-state index contributed by atoms with van der Waals surface area (Å²) in [7, 11) is 0. The molecule has 0 fully saturated rings. The summed E-state index contributed by atoms with van der Waals surface area (Å²) < 4.78 is 0. The van der Waals surface area contributed by atoms with Crippen molar-refractivity contribution in [2.45, 2.75) is 58.0 Å². The number of benzene rings is 3. The third-order valence-corrected chi connectivity index (χ3v) is 7.48. The van der Waals surface area contributed by atoms with Gasteiger partial charge in [-0.2, -0.15) is 0 Å². The second-order valence-corrected chi connectivity index (χ2v) is 10.5. The standard InChI is InChI=1S/C30H35ClN2O2S/c1-4-23(3)32-30(35)28(18-24-12-6-5-7-13-24)33(19-26-15-9-8-11-22(26)2)29(34)21-36-20-25-14-10-16-27(31)17-25/h5-17,23,28H,4,18-21H2,1-3H3,(H,32,35)/t23-,28-/m1/s1. The fraction of sp³-hybridized carbons (Fsp3) is 0.333. The summed E-state index contributed by atoms with van der Waals surface area (Å²) >= 11 is 7.66. The van der Waals surface area contributed by atoms with Crippen LogP contribution in [0.2, 0.25) is 5.02 Å². The molecule has 3 aromatic rings. The summed E-state index contributed by atoms with van der Waals surface area (Å²) in [5.41, 5.74) is 4.24. The van der Waals surface area contributed by atoms with E-state index >= 15 is 0 Å². The van der Waals surface area contributed by atoms with Crippen molar-refractivity contribution in [3.05, 3.63) is 106 Å². The molecule has 2 atom stereocenters. The molecule has 0 aliphatic carbocycles. The van der Waals surface area contributed by atoms with E-state index in [-0.39, 0.29) is 23.6 Å². The highest BCUT2D eigenvalue weighted by Crippen LogP contribution is 2.21. The molecule has 0 aromatic heterocycles. The van der Waals surface area contributed by atoms with Gasteiger partial charge < -0.3 is 10.2 Å². The SMILES string of the molecule is CC[C@@H](C)NC(=O)[C@@H](Cc1ccccc1)N(Cc1ccccc1C)C(=O)CSCc1cccc(Cl)c1. The Bertz CT molecular complexity index is 1140. The lowest BCUT2D eigenvalue weighted by Crippen LogP contribution is -2.52. The van der Waals surface area contributed by atoms with Gasteiger partial charge in [0.05, 0.1) is 5.75 Å². The number of halogens is 1. The molecule has 2 amide bonds. The van der Waals surface area contributed by atoms with Gasteiger partial charge in [-0.05, 0) is 54.7 Å². The molecule has 4 nitrogen and oxygen atoms in total. The molecular formula is C30H35ClN2O2S. The fourth-order valence-corrected chi connectivity index (χ4v) is 5.00. The molecule has 3 aromatic carbocycles. The second-order valence-electron chi connectivity index (χ2n) is 9.09. The van der Waals surface area contributed by atoms with Gasteiger partial charge in [-0.25, -0.2) is 0 Å². The predicted molar refractivity (Wildman–Crippen MR) is 151 cm³/mol. The summed E-state index contributed by atoms with van der Waals surface area (Å²) in [5.74, 6) is 0.785. The first-order chi connectivity index (χ1) is 17.4. The highest BCUT2D eigenvalue weighted by molar-refractivity contribution is 7.99. The molecule has 36 heavy (non-hydrogen) atoms. The van der Waals surface area contributed by atoms with E-state index in [9.17, 15) is 9.59 Å². The minimum atomic E-state index is -0.611. The van der Waals surface area contributed by atoms with Crippen LogP contribution in [0.4, 0.5) is 0 Å². The molecule has 0 saturated carbocycles. The summed E-state index contributed by atoms with van der Waals surface area (Å²) in [4.78, 5) is 29.0. The normalized spacial score (nSPS) is 12.6. The van der Waals surface area contributed by atoms with Crippen molar-refractivity contribution in [2.24, 2.45) is 0 Å². The molecule has 0 aliphatic heterocycles. The lowest BCUT2D eigenvalue weighted by Gasteiger charge is -2.32. The number of hydrogen-bond donors (Lipinski definition) is 1. The van der Waals surface area contributed by atoms with Crippen LogP contribution in [0.3, 0.4) is 0 Å². The number of thioether (sulfide) groups is 1. The molecule has 0 aliphatic rings. The van der Waals surface area contributed by atoms with Gasteiger partial charge in [-0.1, -0.05) is 85.3 Å². The zero-order valence-electron chi connectivity index (χ0n) is 21.2. The van der Waals surface area contributed by atoms with E-state index in [1.54, 1.807) is 4.90 Å². The van der Waals surface area contributed by atoms with Crippen LogP contribution in [0.1, 0.15) is 42.5 Å². The van der Waals surface area contributed by atoms with Crippen LogP contribution < -0.4 is 5.32 Å². The Kier molecular flexibility index (Phi) is 10.9. The lowest BCUT2D eigenvalue weighted by molar-refractivity contribution is -0.139. The Hall–Kier alpha value is -2.76. The molecule has 0 unspecified atom stereocenters. The summed E-state index contributed by atoms with van der Waals surface area (Å²) in [6, 6.07) is 25.0. The Labute approximate surface area is 224 Å². The number of carbonyl (C=O) groups is 2. The zero-order chi connectivity index (χ0) is 25.9.